The van der Waals surface area contributed by atoms with E-state index >= 15 is 0 Å². The molecule has 1 aliphatic rings. The molecular formula is C11H16N4OS. The van der Waals surface area contributed by atoms with Crippen LogP contribution in [0.4, 0.5) is 10.7 Å². The van der Waals surface area contributed by atoms with Crippen molar-refractivity contribution in [3.63, 3.8) is 0 Å². The van der Waals surface area contributed by atoms with Gasteiger partial charge in [0.25, 0.3) is 0 Å². The molecule has 2 rings (SSSR count). The summed E-state index contributed by atoms with van der Waals surface area (Å²) in [4.78, 5) is 2.94. The van der Waals surface area contributed by atoms with Gasteiger partial charge in [0.2, 0.25) is 0 Å². The Labute approximate surface area is 105 Å². The lowest BCUT2D eigenvalue weighted by atomic mass is 10.4. The molecule has 1 aliphatic heterocycles. The summed E-state index contributed by atoms with van der Waals surface area (Å²) in [5, 5.41) is 13.0. The van der Waals surface area contributed by atoms with Crippen molar-refractivity contribution in [2.24, 2.45) is 0 Å². The molecule has 1 aromatic rings. The van der Waals surface area contributed by atoms with Gasteiger partial charge in [-0.25, -0.2) is 0 Å². The Morgan fingerprint density at radius 2 is 2.29 bits per heavy atom. The fourth-order valence-electron chi connectivity index (χ4n) is 1.74. The molecule has 2 heterocycles. The van der Waals surface area contributed by atoms with Gasteiger partial charge in [-0.3, -0.25) is 4.90 Å². The molecule has 5 nitrogen and oxygen atoms in total. The lowest BCUT2D eigenvalue weighted by Crippen LogP contribution is -2.38. The zero-order valence-corrected chi connectivity index (χ0v) is 10.4. The van der Waals surface area contributed by atoms with Gasteiger partial charge in [0.1, 0.15) is 10.9 Å². The average Bonchev–Trinajstić information content (AvgIpc) is 2.71. The second-order valence-electron chi connectivity index (χ2n) is 3.89. The summed E-state index contributed by atoms with van der Waals surface area (Å²) < 4.78 is 5.29. The number of hydrogen-bond acceptors (Lipinski definition) is 6. The van der Waals surface area contributed by atoms with Crippen LogP contribution < -0.4 is 11.1 Å². The number of nitrogens with one attached hydrogen (secondary N) is 1. The maximum absolute atomic E-state index is 8.79. The summed E-state index contributed by atoms with van der Waals surface area (Å²) in [6, 6.07) is 3.90. The predicted octanol–water partition coefficient (Wildman–Crippen LogP) is 0.946. The van der Waals surface area contributed by atoms with E-state index in [0.717, 1.165) is 44.4 Å². The third kappa shape index (κ3) is 3.33. The first kappa shape index (κ1) is 12.2. The number of anilines is 2. The van der Waals surface area contributed by atoms with Crippen molar-refractivity contribution in [3.05, 3.63) is 10.9 Å². The highest BCUT2D eigenvalue weighted by molar-refractivity contribution is 7.17. The quantitative estimate of drug-likeness (QED) is 0.834. The highest BCUT2D eigenvalue weighted by atomic mass is 32.1. The first-order chi connectivity index (χ1) is 8.29. The van der Waals surface area contributed by atoms with Crippen LogP contribution in [0.2, 0.25) is 0 Å². The number of nitrogens with two attached hydrogens (primary N) is 1. The lowest BCUT2D eigenvalue weighted by Gasteiger charge is -2.26. The molecule has 17 heavy (non-hydrogen) atoms. The zero-order valence-electron chi connectivity index (χ0n) is 9.61. The molecule has 0 aromatic carbocycles. The predicted molar refractivity (Wildman–Crippen MR) is 69.2 cm³/mol. The first-order valence-corrected chi connectivity index (χ1v) is 6.44. The van der Waals surface area contributed by atoms with E-state index in [-0.39, 0.29) is 0 Å². The Morgan fingerprint density at radius 1 is 1.53 bits per heavy atom. The van der Waals surface area contributed by atoms with Gasteiger partial charge < -0.3 is 15.8 Å². The smallest absolute Gasteiger partial charge is 0.129 e. The normalized spacial score (nSPS) is 16.6. The molecule has 1 aromatic heterocycles. The maximum Gasteiger partial charge on any atom is 0.129 e. The summed E-state index contributed by atoms with van der Waals surface area (Å²) in [5.74, 6) is 0. The third-order valence-corrected chi connectivity index (χ3v) is 3.71. The van der Waals surface area contributed by atoms with Crippen LogP contribution in [0.3, 0.4) is 0 Å². The van der Waals surface area contributed by atoms with Crippen LogP contribution in [0.1, 0.15) is 4.88 Å². The van der Waals surface area contributed by atoms with Crippen LogP contribution in [-0.4, -0.2) is 44.3 Å². The highest BCUT2D eigenvalue weighted by Crippen LogP contribution is 2.27. The van der Waals surface area contributed by atoms with Gasteiger partial charge in [-0.2, -0.15) is 5.26 Å². The van der Waals surface area contributed by atoms with Crippen molar-refractivity contribution in [2.75, 3.05) is 50.4 Å². The minimum Gasteiger partial charge on any atom is -0.397 e. The van der Waals surface area contributed by atoms with Gasteiger partial charge >= 0.3 is 0 Å². The van der Waals surface area contributed by atoms with Crippen molar-refractivity contribution in [1.29, 1.82) is 5.26 Å². The van der Waals surface area contributed by atoms with Crippen LogP contribution in [0.25, 0.3) is 0 Å². The fourth-order valence-corrected chi connectivity index (χ4v) is 2.54. The van der Waals surface area contributed by atoms with Crippen LogP contribution >= 0.6 is 11.3 Å². The Balaban J connectivity index is 1.75. The average molecular weight is 252 g/mol. The van der Waals surface area contributed by atoms with E-state index in [0.29, 0.717) is 10.6 Å². The summed E-state index contributed by atoms with van der Waals surface area (Å²) in [6.07, 6.45) is 0. The molecule has 0 bridgehead atoms. The second-order valence-corrected chi connectivity index (χ2v) is 4.94. The van der Waals surface area contributed by atoms with Gasteiger partial charge in [0.05, 0.1) is 23.9 Å². The van der Waals surface area contributed by atoms with E-state index in [2.05, 4.69) is 16.3 Å². The second kappa shape index (κ2) is 5.87. The summed E-state index contributed by atoms with van der Waals surface area (Å²) in [6.45, 7) is 5.50. The van der Waals surface area contributed by atoms with Crippen LogP contribution in [0.15, 0.2) is 6.07 Å². The van der Waals surface area contributed by atoms with Gasteiger partial charge in [0.15, 0.2) is 0 Å². The maximum atomic E-state index is 8.79. The number of ether oxygens (including phenoxy) is 1. The van der Waals surface area contributed by atoms with E-state index in [9.17, 15) is 0 Å². The highest BCUT2D eigenvalue weighted by Gasteiger charge is 2.10. The molecule has 1 saturated heterocycles. The summed E-state index contributed by atoms with van der Waals surface area (Å²) >= 11 is 1.41. The molecule has 0 saturated carbocycles. The Kier molecular flexibility index (Phi) is 4.20. The summed E-state index contributed by atoms with van der Waals surface area (Å²) in [7, 11) is 0. The molecule has 0 spiro atoms. The Bertz CT molecular complexity index is 406. The molecule has 92 valence electrons. The Hall–Kier alpha value is -1.29. The number of nitriles is 1. The van der Waals surface area contributed by atoms with Crippen LogP contribution in [0.5, 0.6) is 0 Å². The van der Waals surface area contributed by atoms with Crippen molar-refractivity contribution < 1.29 is 4.74 Å². The largest absolute Gasteiger partial charge is 0.397 e. The molecule has 0 radical (unpaired) electrons. The number of nitrogen functional groups attached to an aromatic ring is 1. The molecule has 1 fully saturated rings. The molecule has 0 atom stereocenters. The molecule has 0 unspecified atom stereocenters. The van der Waals surface area contributed by atoms with Gasteiger partial charge in [-0.05, 0) is 6.07 Å². The van der Waals surface area contributed by atoms with Crippen molar-refractivity contribution >= 4 is 22.0 Å². The van der Waals surface area contributed by atoms with Crippen LogP contribution in [0, 0.1) is 11.3 Å². The van der Waals surface area contributed by atoms with Gasteiger partial charge in [-0.1, -0.05) is 0 Å². The van der Waals surface area contributed by atoms with E-state index < -0.39 is 0 Å². The molecule has 3 N–H and O–H groups in total. The first-order valence-electron chi connectivity index (χ1n) is 5.63. The van der Waals surface area contributed by atoms with Gasteiger partial charge in [-0.15, -0.1) is 11.3 Å². The SMILES string of the molecule is N#Cc1sc(NCCN2CCOCC2)cc1N. The van der Waals surface area contributed by atoms with Crippen molar-refractivity contribution in [2.45, 2.75) is 0 Å². The standard InChI is InChI=1S/C11H16N4OS/c12-8-10-9(13)7-11(17-10)14-1-2-15-3-5-16-6-4-15/h7,14H,1-6,13H2. The number of morpholine rings is 1. The third-order valence-electron chi connectivity index (χ3n) is 2.69. The van der Waals surface area contributed by atoms with Crippen LogP contribution in [-0.2, 0) is 4.74 Å². The lowest BCUT2D eigenvalue weighted by molar-refractivity contribution is 0.0398. The van der Waals surface area contributed by atoms with Crippen molar-refractivity contribution in [1.82, 2.24) is 4.90 Å². The number of rotatable bonds is 4. The minimum absolute atomic E-state index is 0.561. The molecule has 0 amide bonds. The zero-order chi connectivity index (χ0) is 12.1. The minimum atomic E-state index is 0.561. The Morgan fingerprint density at radius 3 is 2.94 bits per heavy atom. The fraction of sp³-hybridized carbons (Fsp3) is 0.545. The summed E-state index contributed by atoms with van der Waals surface area (Å²) in [5.41, 5.74) is 6.25. The van der Waals surface area contributed by atoms with Gasteiger partial charge in [0, 0.05) is 26.2 Å². The van der Waals surface area contributed by atoms with E-state index in [4.69, 9.17) is 15.7 Å². The molecular weight excluding hydrogens is 236 g/mol. The topological polar surface area (TPSA) is 74.3 Å². The molecule has 0 aliphatic carbocycles. The molecule has 6 heteroatoms. The monoisotopic (exact) mass is 252 g/mol. The van der Waals surface area contributed by atoms with E-state index in [1.807, 2.05) is 6.07 Å². The van der Waals surface area contributed by atoms with E-state index in [1.54, 1.807) is 0 Å². The van der Waals surface area contributed by atoms with Crippen molar-refractivity contribution in [3.8, 4) is 6.07 Å². The van der Waals surface area contributed by atoms with E-state index in [1.165, 1.54) is 11.3 Å². The number of thiophene rings is 1. The number of hydrogen-bond donors (Lipinski definition) is 2. The number of nitrogens with zero attached hydrogens (tertiary/aromatic N) is 2.